The van der Waals surface area contributed by atoms with Crippen LogP contribution in [0.15, 0.2) is 18.2 Å². The lowest BCUT2D eigenvalue weighted by Crippen LogP contribution is -2.25. The summed E-state index contributed by atoms with van der Waals surface area (Å²) in [5.41, 5.74) is 0.667. The highest BCUT2D eigenvalue weighted by molar-refractivity contribution is 5.77. The molecule has 1 rings (SSSR count). The molecule has 0 aliphatic rings. The van der Waals surface area contributed by atoms with Crippen LogP contribution in [0, 0.1) is 5.82 Å². The van der Waals surface area contributed by atoms with E-state index >= 15 is 0 Å². The van der Waals surface area contributed by atoms with E-state index in [0.717, 1.165) is 0 Å². The molecule has 0 saturated carbocycles. The third-order valence-corrected chi connectivity index (χ3v) is 2.46. The topological polar surface area (TPSA) is 59.6 Å². The number of nitrogens with one attached hydrogen (secondary N) is 2. The second-order valence-electron chi connectivity index (χ2n) is 3.88. The zero-order valence-electron chi connectivity index (χ0n) is 11.2. The van der Waals surface area contributed by atoms with Crippen LogP contribution in [0.4, 0.5) is 4.39 Å². The molecule has 0 heterocycles. The Hall–Kier alpha value is -1.66. The van der Waals surface area contributed by atoms with Crippen LogP contribution in [0.2, 0.25) is 0 Å². The lowest BCUT2D eigenvalue weighted by Gasteiger charge is -2.12. The van der Waals surface area contributed by atoms with E-state index in [-0.39, 0.29) is 18.3 Å². The number of benzene rings is 1. The summed E-state index contributed by atoms with van der Waals surface area (Å²) in [5, 5.41) is 5.56. The van der Waals surface area contributed by atoms with Crippen molar-refractivity contribution < 1.29 is 18.7 Å². The second kappa shape index (κ2) is 8.44. The summed E-state index contributed by atoms with van der Waals surface area (Å²) in [4.78, 5) is 11.1. The predicted molar refractivity (Wildman–Crippen MR) is 69.5 cm³/mol. The van der Waals surface area contributed by atoms with Crippen LogP contribution in [0.25, 0.3) is 0 Å². The van der Waals surface area contributed by atoms with Crippen molar-refractivity contribution in [1.82, 2.24) is 10.6 Å². The number of methoxy groups -OCH3 is 1. The number of halogens is 1. The molecular weight excluding hydrogens is 251 g/mol. The minimum Gasteiger partial charge on any atom is -0.483 e. The Morgan fingerprint density at radius 3 is 2.89 bits per heavy atom. The van der Waals surface area contributed by atoms with Gasteiger partial charge in [-0.1, -0.05) is 0 Å². The highest BCUT2D eigenvalue weighted by Gasteiger charge is 2.07. The molecule has 0 fully saturated rings. The molecular formula is C13H19FN2O3. The maximum atomic E-state index is 13.2. The van der Waals surface area contributed by atoms with E-state index in [0.29, 0.717) is 31.0 Å². The van der Waals surface area contributed by atoms with E-state index in [1.54, 1.807) is 7.11 Å². The van der Waals surface area contributed by atoms with Gasteiger partial charge < -0.3 is 20.1 Å². The minimum absolute atomic E-state index is 0.0901. The first kappa shape index (κ1) is 15.4. The average molecular weight is 270 g/mol. The van der Waals surface area contributed by atoms with E-state index in [1.165, 1.54) is 25.2 Å². The van der Waals surface area contributed by atoms with E-state index in [9.17, 15) is 9.18 Å². The van der Waals surface area contributed by atoms with Gasteiger partial charge in [0.15, 0.2) is 6.61 Å². The second-order valence-corrected chi connectivity index (χ2v) is 3.88. The molecule has 5 nitrogen and oxygen atoms in total. The van der Waals surface area contributed by atoms with Crippen LogP contribution >= 0.6 is 0 Å². The lowest BCUT2D eigenvalue weighted by atomic mass is 10.2. The van der Waals surface area contributed by atoms with E-state index < -0.39 is 0 Å². The highest BCUT2D eigenvalue weighted by Crippen LogP contribution is 2.19. The number of rotatable bonds is 8. The Morgan fingerprint density at radius 1 is 1.42 bits per heavy atom. The molecule has 1 amide bonds. The molecule has 106 valence electrons. The summed E-state index contributed by atoms with van der Waals surface area (Å²) < 4.78 is 23.5. The number of likely N-dealkylation sites (N-methyl/N-ethyl adjacent to an activating group) is 1. The molecule has 0 aliphatic heterocycles. The fourth-order valence-electron chi connectivity index (χ4n) is 1.44. The Labute approximate surface area is 112 Å². The monoisotopic (exact) mass is 270 g/mol. The molecule has 6 heteroatoms. The number of amides is 1. The summed E-state index contributed by atoms with van der Waals surface area (Å²) in [6.45, 7) is 1.59. The molecule has 0 radical (unpaired) electrons. The van der Waals surface area contributed by atoms with Gasteiger partial charge in [-0.15, -0.1) is 0 Å². The summed E-state index contributed by atoms with van der Waals surface area (Å²) >= 11 is 0. The van der Waals surface area contributed by atoms with Gasteiger partial charge in [0.05, 0.1) is 6.61 Å². The summed E-state index contributed by atoms with van der Waals surface area (Å²) in [7, 11) is 3.14. The molecule has 0 aliphatic carbocycles. The maximum Gasteiger partial charge on any atom is 0.257 e. The summed E-state index contributed by atoms with van der Waals surface area (Å²) in [6, 6.07) is 4.21. The first-order valence-electron chi connectivity index (χ1n) is 5.99. The molecule has 19 heavy (non-hydrogen) atoms. The lowest BCUT2D eigenvalue weighted by molar-refractivity contribution is -0.122. The van der Waals surface area contributed by atoms with Gasteiger partial charge in [0, 0.05) is 32.8 Å². The Kier molecular flexibility index (Phi) is 6.84. The van der Waals surface area contributed by atoms with Crippen LogP contribution in [0.1, 0.15) is 5.56 Å². The highest BCUT2D eigenvalue weighted by atomic mass is 19.1. The largest absolute Gasteiger partial charge is 0.483 e. The first-order valence-corrected chi connectivity index (χ1v) is 5.99. The molecule has 0 saturated heterocycles. The minimum atomic E-state index is -0.337. The van der Waals surface area contributed by atoms with Crippen molar-refractivity contribution in [3.63, 3.8) is 0 Å². The van der Waals surface area contributed by atoms with Gasteiger partial charge in [-0.2, -0.15) is 0 Å². The maximum absolute atomic E-state index is 13.2. The van der Waals surface area contributed by atoms with E-state index in [4.69, 9.17) is 9.47 Å². The van der Waals surface area contributed by atoms with E-state index in [2.05, 4.69) is 10.6 Å². The normalized spacial score (nSPS) is 10.3. The van der Waals surface area contributed by atoms with E-state index in [1.807, 2.05) is 0 Å². The molecule has 0 bridgehead atoms. The molecule has 0 atom stereocenters. The quantitative estimate of drug-likeness (QED) is 0.682. The van der Waals surface area contributed by atoms with Crippen LogP contribution in [0.5, 0.6) is 5.75 Å². The summed E-state index contributed by atoms with van der Waals surface area (Å²) in [6.07, 6.45) is 0. The molecule has 1 aromatic carbocycles. The smallest absolute Gasteiger partial charge is 0.257 e. The van der Waals surface area contributed by atoms with Crippen molar-refractivity contribution in [2.45, 2.75) is 6.54 Å². The molecule has 0 spiro atoms. The van der Waals surface area contributed by atoms with Gasteiger partial charge >= 0.3 is 0 Å². The SMILES string of the molecule is CNC(=O)COc1ccc(F)cc1CNCCOC. The van der Waals surface area contributed by atoms with Crippen molar-refractivity contribution in [3.05, 3.63) is 29.6 Å². The number of carbonyl (C=O) groups is 1. The van der Waals surface area contributed by atoms with Gasteiger partial charge in [-0.3, -0.25) is 4.79 Å². The fourth-order valence-corrected chi connectivity index (χ4v) is 1.44. The fraction of sp³-hybridized carbons (Fsp3) is 0.462. The number of carbonyl (C=O) groups excluding carboxylic acids is 1. The van der Waals surface area contributed by atoms with Crippen molar-refractivity contribution in [2.24, 2.45) is 0 Å². The van der Waals surface area contributed by atoms with Crippen molar-refractivity contribution in [2.75, 3.05) is 33.9 Å². The third-order valence-electron chi connectivity index (χ3n) is 2.46. The zero-order valence-corrected chi connectivity index (χ0v) is 11.2. The van der Waals surface area contributed by atoms with Crippen LogP contribution < -0.4 is 15.4 Å². The van der Waals surface area contributed by atoms with Gasteiger partial charge in [0.25, 0.3) is 5.91 Å². The van der Waals surface area contributed by atoms with Crippen LogP contribution in [-0.4, -0.2) is 39.8 Å². The predicted octanol–water partition coefficient (Wildman–Crippen LogP) is 0.686. The zero-order chi connectivity index (χ0) is 14.1. The Balaban J connectivity index is 2.60. The first-order chi connectivity index (χ1) is 9.17. The molecule has 1 aromatic rings. The van der Waals surface area contributed by atoms with Gasteiger partial charge in [-0.25, -0.2) is 4.39 Å². The van der Waals surface area contributed by atoms with Gasteiger partial charge in [0.2, 0.25) is 0 Å². The molecule has 0 unspecified atom stereocenters. The van der Waals surface area contributed by atoms with Crippen LogP contribution in [-0.2, 0) is 16.1 Å². The van der Waals surface area contributed by atoms with Gasteiger partial charge in [-0.05, 0) is 18.2 Å². The van der Waals surface area contributed by atoms with Crippen molar-refractivity contribution >= 4 is 5.91 Å². The van der Waals surface area contributed by atoms with Gasteiger partial charge in [0.1, 0.15) is 11.6 Å². The third kappa shape index (κ3) is 5.67. The van der Waals surface area contributed by atoms with Crippen molar-refractivity contribution in [1.29, 1.82) is 0 Å². The Bertz CT molecular complexity index is 413. The summed E-state index contributed by atoms with van der Waals surface area (Å²) in [5.74, 6) is -0.0756. The van der Waals surface area contributed by atoms with Crippen molar-refractivity contribution in [3.8, 4) is 5.75 Å². The number of hydrogen-bond donors (Lipinski definition) is 2. The number of ether oxygens (including phenoxy) is 2. The molecule has 0 aromatic heterocycles. The standard InChI is InChI=1S/C13H19FN2O3/c1-15-13(17)9-19-12-4-3-11(14)7-10(12)8-16-5-6-18-2/h3-4,7,16H,5-6,8-9H2,1-2H3,(H,15,17). The van der Waals surface area contributed by atoms with Crippen LogP contribution in [0.3, 0.4) is 0 Å². The Morgan fingerprint density at radius 2 is 2.21 bits per heavy atom. The average Bonchev–Trinajstić information content (AvgIpc) is 2.42. The number of hydrogen-bond acceptors (Lipinski definition) is 4. The molecule has 2 N–H and O–H groups in total.